The van der Waals surface area contributed by atoms with Gasteiger partial charge in [-0.1, -0.05) is 0 Å². The van der Waals surface area contributed by atoms with Gasteiger partial charge in [0, 0.05) is 31.1 Å². The van der Waals surface area contributed by atoms with E-state index < -0.39 is 0 Å². The van der Waals surface area contributed by atoms with Crippen molar-refractivity contribution in [2.24, 2.45) is 0 Å². The number of piperidine rings is 1. The fourth-order valence-electron chi connectivity index (χ4n) is 3.31. The monoisotopic (exact) mass is 360 g/mol. The van der Waals surface area contributed by atoms with Gasteiger partial charge in [-0.05, 0) is 62.7 Å². The maximum Gasteiger partial charge on any atom is 0.224 e. The zero-order valence-electron chi connectivity index (χ0n) is 14.7. The van der Waals surface area contributed by atoms with Crippen molar-refractivity contribution in [3.63, 3.8) is 0 Å². The van der Waals surface area contributed by atoms with Gasteiger partial charge >= 0.3 is 0 Å². The lowest BCUT2D eigenvalue weighted by Crippen LogP contribution is -2.42. The van der Waals surface area contributed by atoms with Gasteiger partial charge in [-0.25, -0.2) is 0 Å². The molecule has 0 saturated carbocycles. The number of likely N-dealkylation sites (tertiary alicyclic amines) is 1. The molecule has 1 aliphatic rings. The summed E-state index contributed by atoms with van der Waals surface area (Å²) in [5.41, 5.74) is 0.937. The van der Waals surface area contributed by atoms with Gasteiger partial charge in [0.1, 0.15) is 5.75 Å². The van der Waals surface area contributed by atoms with Gasteiger partial charge in [0.05, 0.1) is 7.11 Å². The van der Waals surface area contributed by atoms with E-state index >= 15 is 0 Å². The second-order valence-electron chi connectivity index (χ2n) is 6.41. The summed E-state index contributed by atoms with van der Waals surface area (Å²) >= 11 is 5.35. The van der Waals surface area contributed by atoms with Crippen LogP contribution in [0.4, 0.5) is 0 Å². The Bertz CT molecular complexity index is 781. The van der Waals surface area contributed by atoms with Gasteiger partial charge in [0.2, 0.25) is 5.91 Å². The zero-order valence-corrected chi connectivity index (χ0v) is 15.5. The van der Waals surface area contributed by atoms with E-state index in [2.05, 4.69) is 17.1 Å². The normalized spacial score (nSPS) is 17.5. The molecule has 7 heteroatoms. The van der Waals surface area contributed by atoms with Crippen LogP contribution in [-0.2, 0) is 11.3 Å². The van der Waals surface area contributed by atoms with Crippen LogP contribution in [0.15, 0.2) is 24.3 Å². The number of H-pyrrole nitrogens is 1. The molecule has 0 spiro atoms. The van der Waals surface area contributed by atoms with Gasteiger partial charge in [-0.2, -0.15) is 5.10 Å². The van der Waals surface area contributed by atoms with E-state index in [4.69, 9.17) is 17.0 Å². The Labute approximate surface area is 152 Å². The number of carbonyl (C=O) groups excluding carboxylic acids is 1. The first-order chi connectivity index (χ1) is 12.1. The van der Waals surface area contributed by atoms with Crippen LogP contribution < -0.4 is 4.74 Å². The number of aromatic amines is 1. The second-order valence-corrected chi connectivity index (χ2v) is 6.80. The van der Waals surface area contributed by atoms with Crippen molar-refractivity contribution in [3.8, 4) is 17.1 Å². The lowest BCUT2D eigenvalue weighted by molar-refractivity contribution is -0.134. The van der Waals surface area contributed by atoms with Crippen LogP contribution in [0, 0.1) is 4.77 Å². The molecule has 0 unspecified atom stereocenters. The highest BCUT2D eigenvalue weighted by molar-refractivity contribution is 7.71. The smallest absolute Gasteiger partial charge is 0.224 e. The molecule has 0 aliphatic carbocycles. The molecule has 2 heterocycles. The molecule has 134 valence electrons. The minimum atomic E-state index is 0.191. The van der Waals surface area contributed by atoms with Crippen molar-refractivity contribution in [1.29, 1.82) is 0 Å². The maximum absolute atomic E-state index is 12.6. The van der Waals surface area contributed by atoms with E-state index in [1.54, 1.807) is 7.11 Å². The molecule has 0 radical (unpaired) electrons. The van der Waals surface area contributed by atoms with Crippen molar-refractivity contribution in [2.45, 2.75) is 45.2 Å². The molecule has 1 fully saturated rings. The lowest BCUT2D eigenvalue weighted by atomic mass is 10.0. The van der Waals surface area contributed by atoms with Gasteiger partial charge in [0.15, 0.2) is 10.6 Å². The standard InChI is InChI=1S/C18H24N4O2S/c1-13-5-3-4-11-21(13)16(23)10-12-22-17(19-20-18(22)25)14-6-8-15(24-2)9-7-14/h6-9,13H,3-5,10-12H2,1-2H3,(H,20,25)/t13-/m0/s1. The minimum absolute atomic E-state index is 0.191. The van der Waals surface area contributed by atoms with Crippen molar-refractivity contribution in [2.75, 3.05) is 13.7 Å². The molecule has 25 heavy (non-hydrogen) atoms. The van der Waals surface area contributed by atoms with Crippen LogP contribution in [0.5, 0.6) is 5.75 Å². The number of nitrogens with one attached hydrogen (secondary N) is 1. The molecule has 1 saturated heterocycles. The summed E-state index contributed by atoms with van der Waals surface area (Å²) in [5.74, 6) is 1.72. The predicted octanol–water partition coefficient (Wildman–Crippen LogP) is 3.41. The van der Waals surface area contributed by atoms with E-state index in [0.29, 0.717) is 23.8 Å². The third-order valence-corrected chi connectivity index (χ3v) is 5.09. The van der Waals surface area contributed by atoms with E-state index in [1.807, 2.05) is 33.7 Å². The van der Waals surface area contributed by atoms with Gasteiger partial charge < -0.3 is 9.64 Å². The number of amides is 1. The number of nitrogens with zero attached hydrogens (tertiary/aromatic N) is 3. The van der Waals surface area contributed by atoms with Crippen molar-refractivity contribution in [1.82, 2.24) is 19.7 Å². The highest BCUT2D eigenvalue weighted by Crippen LogP contribution is 2.22. The largest absolute Gasteiger partial charge is 0.497 e. The number of carbonyl (C=O) groups is 1. The van der Waals surface area contributed by atoms with Crippen LogP contribution in [0.1, 0.15) is 32.6 Å². The minimum Gasteiger partial charge on any atom is -0.497 e. The molecule has 1 aromatic carbocycles. The van der Waals surface area contributed by atoms with Crippen LogP contribution in [0.3, 0.4) is 0 Å². The van der Waals surface area contributed by atoms with Crippen LogP contribution >= 0.6 is 12.2 Å². The summed E-state index contributed by atoms with van der Waals surface area (Å²) < 4.78 is 7.62. The van der Waals surface area contributed by atoms with E-state index in [9.17, 15) is 4.79 Å². The van der Waals surface area contributed by atoms with Crippen LogP contribution in [0.2, 0.25) is 0 Å². The van der Waals surface area contributed by atoms with Gasteiger partial charge in [-0.15, -0.1) is 0 Å². The Morgan fingerprint density at radius 3 is 2.80 bits per heavy atom. The number of hydrogen-bond acceptors (Lipinski definition) is 4. The lowest BCUT2D eigenvalue weighted by Gasteiger charge is -2.33. The van der Waals surface area contributed by atoms with E-state index in [-0.39, 0.29) is 5.91 Å². The van der Waals surface area contributed by atoms with Crippen molar-refractivity contribution in [3.05, 3.63) is 29.0 Å². The fourth-order valence-corrected chi connectivity index (χ4v) is 3.53. The molecule has 3 rings (SSSR count). The molecule has 0 bridgehead atoms. The Hall–Kier alpha value is -2.15. The topological polar surface area (TPSA) is 63.1 Å². The van der Waals surface area contributed by atoms with Crippen LogP contribution in [0.25, 0.3) is 11.4 Å². The SMILES string of the molecule is COc1ccc(-c2n[nH]c(=S)n2CCC(=O)N2CCCC[C@@H]2C)cc1. The molecule has 1 atom stereocenters. The Morgan fingerprint density at radius 2 is 2.12 bits per heavy atom. The van der Waals surface area contributed by atoms with Crippen molar-refractivity contribution < 1.29 is 9.53 Å². The third-order valence-electron chi connectivity index (χ3n) is 4.78. The summed E-state index contributed by atoms with van der Waals surface area (Å²) in [6.07, 6.45) is 3.83. The molecule has 1 N–H and O–H groups in total. The molecule has 1 aromatic heterocycles. The summed E-state index contributed by atoms with van der Waals surface area (Å²) in [6.45, 7) is 3.52. The second kappa shape index (κ2) is 7.82. The molecule has 6 nitrogen and oxygen atoms in total. The Balaban J connectivity index is 1.73. The van der Waals surface area contributed by atoms with E-state index in [0.717, 1.165) is 36.5 Å². The number of benzene rings is 1. The number of hydrogen-bond donors (Lipinski definition) is 1. The zero-order chi connectivity index (χ0) is 17.8. The first-order valence-corrected chi connectivity index (χ1v) is 9.10. The summed E-state index contributed by atoms with van der Waals surface area (Å²) in [6, 6.07) is 7.99. The third kappa shape index (κ3) is 3.92. The first kappa shape index (κ1) is 17.7. The highest BCUT2D eigenvalue weighted by Gasteiger charge is 2.23. The average molecular weight is 360 g/mol. The maximum atomic E-state index is 12.6. The van der Waals surface area contributed by atoms with Gasteiger partial charge in [0.25, 0.3) is 0 Å². The molecular formula is C18H24N4O2S. The highest BCUT2D eigenvalue weighted by atomic mass is 32.1. The van der Waals surface area contributed by atoms with Gasteiger partial charge in [-0.3, -0.25) is 14.5 Å². The molecule has 2 aromatic rings. The first-order valence-electron chi connectivity index (χ1n) is 8.69. The Morgan fingerprint density at radius 1 is 1.36 bits per heavy atom. The van der Waals surface area contributed by atoms with Crippen molar-refractivity contribution >= 4 is 18.1 Å². The Kier molecular flexibility index (Phi) is 5.53. The quantitative estimate of drug-likeness (QED) is 0.830. The number of methoxy groups -OCH3 is 1. The molecule has 1 aliphatic heterocycles. The molecular weight excluding hydrogens is 336 g/mol. The summed E-state index contributed by atoms with van der Waals surface area (Å²) in [5, 5.41) is 7.16. The number of rotatable bonds is 5. The number of aromatic nitrogens is 3. The van der Waals surface area contributed by atoms with Crippen LogP contribution in [-0.4, -0.2) is 45.3 Å². The van der Waals surface area contributed by atoms with E-state index in [1.165, 1.54) is 6.42 Å². The predicted molar refractivity (Wildman–Crippen MR) is 99.0 cm³/mol. The average Bonchev–Trinajstić information content (AvgIpc) is 3.00. The molecule has 1 amide bonds. The summed E-state index contributed by atoms with van der Waals surface area (Å²) in [4.78, 5) is 14.6. The fraction of sp³-hybridized carbons (Fsp3) is 0.500. The number of ether oxygens (including phenoxy) is 1. The summed E-state index contributed by atoms with van der Waals surface area (Å²) in [7, 11) is 1.64.